The quantitative estimate of drug-likeness (QED) is 0.778. The van der Waals surface area contributed by atoms with Crippen molar-refractivity contribution in [3.63, 3.8) is 0 Å². The molecule has 0 unspecified atom stereocenters. The lowest BCUT2D eigenvalue weighted by atomic mass is 10.3. The van der Waals surface area contributed by atoms with Crippen LogP contribution in [0.15, 0.2) is 28.8 Å². The van der Waals surface area contributed by atoms with Gasteiger partial charge in [-0.05, 0) is 31.2 Å². The molecule has 1 heterocycles. The van der Waals surface area contributed by atoms with Crippen LogP contribution >= 0.6 is 0 Å². The summed E-state index contributed by atoms with van der Waals surface area (Å²) in [4.78, 5) is 15.6. The molecular formula is C13H15FN4O2. The molecule has 106 valence electrons. The predicted molar refractivity (Wildman–Crippen MR) is 70.6 cm³/mol. The zero-order valence-electron chi connectivity index (χ0n) is 11.0. The standard InChI is InChI=1S/C13H15FN4O2/c1-9-16-13(20-18-9)6-7-15-8-12(19)17-11-4-2-10(14)3-5-11/h2-5,15H,6-8H2,1H3,(H,17,19). The van der Waals surface area contributed by atoms with Gasteiger partial charge >= 0.3 is 0 Å². The topological polar surface area (TPSA) is 80.0 Å². The van der Waals surface area contributed by atoms with E-state index in [0.717, 1.165) is 0 Å². The van der Waals surface area contributed by atoms with Crippen LogP contribution in [0, 0.1) is 12.7 Å². The lowest BCUT2D eigenvalue weighted by Gasteiger charge is -2.05. The second-order valence-electron chi connectivity index (χ2n) is 4.22. The number of rotatable bonds is 6. The summed E-state index contributed by atoms with van der Waals surface area (Å²) in [5.41, 5.74) is 0.561. The van der Waals surface area contributed by atoms with Gasteiger partial charge in [-0.3, -0.25) is 4.79 Å². The lowest BCUT2D eigenvalue weighted by Crippen LogP contribution is -2.29. The van der Waals surface area contributed by atoms with Crippen molar-refractivity contribution in [3.8, 4) is 0 Å². The first kappa shape index (κ1) is 14.1. The van der Waals surface area contributed by atoms with E-state index in [-0.39, 0.29) is 18.3 Å². The highest BCUT2D eigenvalue weighted by atomic mass is 19.1. The van der Waals surface area contributed by atoms with E-state index in [4.69, 9.17) is 4.52 Å². The van der Waals surface area contributed by atoms with Crippen molar-refractivity contribution in [1.29, 1.82) is 0 Å². The highest BCUT2D eigenvalue weighted by Gasteiger charge is 2.04. The molecule has 0 spiro atoms. The number of nitrogens with zero attached hydrogens (tertiary/aromatic N) is 2. The molecule has 1 aromatic heterocycles. The highest BCUT2D eigenvalue weighted by molar-refractivity contribution is 5.92. The smallest absolute Gasteiger partial charge is 0.238 e. The number of hydrogen-bond acceptors (Lipinski definition) is 5. The largest absolute Gasteiger partial charge is 0.339 e. The molecule has 0 aliphatic heterocycles. The third-order valence-electron chi connectivity index (χ3n) is 2.50. The van der Waals surface area contributed by atoms with Gasteiger partial charge in [-0.15, -0.1) is 0 Å². The first-order valence-corrected chi connectivity index (χ1v) is 6.19. The van der Waals surface area contributed by atoms with Gasteiger partial charge in [0.05, 0.1) is 6.54 Å². The van der Waals surface area contributed by atoms with Crippen molar-refractivity contribution in [2.75, 3.05) is 18.4 Å². The number of aryl methyl sites for hydroxylation is 1. The number of amides is 1. The molecule has 6 nitrogen and oxygen atoms in total. The third-order valence-corrected chi connectivity index (χ3v) is 2.50. The zero-order valence-corrected chi connectivity index (χ0v) is 11.0. The minimum Gasteiger partial charge on any atom is -0.339 e. The monoisotopic (exact) mass is 278 g/mol. The Morgan fingerprint density at radius 1 is 1.35 bits per heavy atom. The van der Waals surface area contributed by atoms with Crippen LogP contribution < -0.4 is 10.6 Å². The van der Waals surface area contributed by atoms with Crippen molar-refractivity contribution >= 4 is 11.6 Å². The van der Waals surface area contributed by atoms with Gasteiger partial charge in [0.15, 0.2) is 5.82 Å². The van der Waals surface area contributed by atoms with E-state index in [1.165, 1.54) is 24.3 Å². The van der Waals surface area contributed by atoms with Gasteiger partial charge in [0.1, 0.15) is 5.82 Å². The summed E-state index contributed by atoms with van der Waals surface area (Å²) < 4.78 is 17.6. The summed E-state index contributed by atoms with van der Waals surface area (Å²) in [5.74, 6) is 0.595. The number of anilines is 1. The van der Waals surface area contributed by atoms with Crippen LogP contribution in [-0.4, -0.2) is 29.1 Å². The molecule has 0 atom stereocenters. The number of aromatic nitrogens is 2. The molecule has 20 heavy (non-hydrogen) atoms. The summed E-state index contributed by atoms with van der Waals surface area (Å²) in [6.45, 7) is 2.46. The Labute approximate surface area is 115 Å². The van der Waals surface area contributed by atoms with Gasteiger partial charge in [-0.1, -0.05) is 5.16 Å². The molecule has 0 fully saturated rings. The maximum atomic E-state index is 12.7. The molecule has 2 N–H and O–H groups in total. The van der Waals surface area contributed by atoms with Crippen molar-refractivity contribution in [3.05, 3.63) is 41.8 Å². The van der Waals surface area contributed by atoms with Crippen LogP contribution in [0.25, 0.3) is 0 Å². The summed E-state index contributed by atoms with van der Waals surface area (Å²) >= 11 is 0. The average Bonchev–Trinajstić information content (AvgIpc) is 2.83. The molecule has 1 amide bonds. The maximum Gasteiger partial charge on any atom is 0.238 e. The van der Waals surface area contributed by atoms with Gasteiger partial charge in [0.2, 0.25) is 11.8 Å². The van der Waals surface area contributed by atoms with Gasteiger partial charge in [0, 0.05) is 18.7 Å². The van der Waals surface area contributed by atoms with E-state index in [9.17, 15) is 9.18 Å². The number of halogens is 1. The molecule has 0 bridgehead atoms. The van der Waals surface area contributed by atoms with E-state index in [1.807, 2.05) is 0 Å². The number of carbonyl (C=O) groups is 1. The Bertz CT molecular complexity index is 568. The lowest BCUT2D eigenvalue weighted by molar-refractivity contribution is -0.115. The molecule has 0 saturated carbocycles. The van der Waals surface area contributed by atoms with Crippen LogP contribution in [0.4, 0.5) is 10.1 Å². The van der Waals surface area contributed by atoms with Crippen LogP contribution in [0.2, 0.25) is 0 Å². The van der Waals surface area contributed by atoms with E-state index in [2.05, 4.69) is 20.8 Å². The van der Waals surface area contributed by atoms with Crippen molar-refractivity contribution in [2.45, 2.75) is 13.3 Å². The van der Waals surface area contributed by atoms with E-state index >= 15 is 0 Å². The molecule has 0 saturated heterocycles. The van der Waals surface area contributed by atoms with Crippen LogP contribution in [-0.2, 0) is 11.2 Å². The second kappa shape index (κ2) is 6.76. The minimum absolute atomic E-state index is 0.157. The third kappa shape index (κ3) is 4.43. The Kier molecular flexibility index (Phi) is 4.78. The summed E-state index contributed by atoms with van der Waals surface area (Å²) in [7, 11) is 0. The van der Waals surface area contributed by atoms with Gasteiger partial charge in [0.25, 0.3) is 0 Å². The fraction of sp³-hybridized carbons (Fsp3) is 0.308. The Morgan fingerprint density at radius 2 is 2.10 bits per heavy atom. The number of hydrogen-bond donors (Lipinski definition) is 2. The van der Waals surface area contributed by atoms with E-state index in [0.29, 0.717) is 30.4 Å². The molecule has 0 radical (unpaired) electrons. The second-order valence-corrected chi connectivity index (χ2v) is 4.22. The van der Waals surface area contributed by atoms with Crippen molar-refractivity contribution in [2.24, 2.45) is 0 Å². The van der Waals surface area contributed by atoms with Gasteiger partial charge in [-0.25, -0.2) is 4.39 Å². The first-order chi connectivity index (χ1) is 9.63. The number of benzene rings is 1. The molecule has 2 aromatic rings. The van der Waals surface area contributed by atoms with E-state index < -0.39 is 0 Å². The van der Waals surface area contributed by atoms with Crippen LogP contribution in [0.3, 0.4) is 0 Å². The normalized spacial score (nSPS) is 10.5. The molecule has 7 heteroatoms. The van der Waals surface area contributed by atoms with Crippen LogP contribution in [0.1, 0.15) is 11.7 Å². The fourth-order valence-corrected chi connectivity index (χ4v) is 1.58. The number of nitrogens with one attached hydrogen (secondary N) is 2. The van der Waals surface area contributed by atoms with Crippen LogP contribution in [0.5, 0.6) is 0 Å². The molecule has 0 aliphatic carbocycles. The highest BCUT2D eigenvalue weighted by Crippen LogP contribution is 2.07. The maximum absolute atomic E-state index is 12.7. The Morgan fingerprint density at radius 3 is 2.75 bits per heavy atom. The zero-order chi connectivity index (χ0) is 14.4. The summed E-state index contributed by atoms with van der Waals surface area (Å²) in [5, 5.41) is 9.28. The minimum atomic E-state index is -0.337. The number of carbonyl (C=O) groups excluding carboxylic acids is 1. The van der Waals surface area contributed by atoms with E-state index in [1.54, 1.807) is 6.92 Å². The Balaban J connectivity index is 1.66. The van der Waals surface area contributed by atoms with Crippen molar-refractivity contribution < 1.29 is 13.7 Å². The SMILES string of the molecule is Cc1noc(CCNCC(=O)Nc2ccc(F)cc2)n1. The van der Waals surface area contributed by atoms with Gasteiger partial charge in [-0.2, -0.15) is 4.98 Å². The molecule has 0 aliphatic rings. The molecule has 1 aromatic carbocycles. The first-order valence-electron chi connectivity index (χ1n) is 6.19. The Hall–Kier alpha value is -2.28. The predicted octanol–water partition coefficient (Wildman–Crippen LogP) is 1.29. The van der Waals surface area contributed by atoms with Gasteiger partial charge < -0.3 is 15.2 Å². The summed E-state index contributed by atoms with van der Waals surface area (Å²) in [6, 6.07) is 5.60. The average molecular weight is 278 g/mol. The van der Waals surface area contributed by atoms with Crippen molar-refractivity contribution in [1.82, 2.24) is 15.5 Å². The summed E-state index contributed by atoms with van der Waals surface area (Å²) in [6.07, 6.45) is 0.560. The molecule has 2 rings (SSSR count). The fourth-order valence-electron chi connectivity index (χ4n) is 1.58. The molecular weight excluding hydrogens is 263 g/mol.